The monoisotopic (exact) mass is 432 g/mol. The van der Waals surface area contributed by atoms with E-state index in [2.05, 4.69) is 20.3 Å². The summed E-state index contributed by atoms with van der Waals surface area (Å²) in [4.78, 5) is 4.19. The largest absolute Gasteiger partial charge is 0.378 e. The summed E-state index contributed by atoms with van der Waals surface area (Å²) >= 11 is 0. The van der Waals surface area contributed by atoms with Crippen LogP contribution in [0.1, 0.15) is 58.3 Å². The van der Waals surface area contributed by atoms with Gasteiger partial charge in [-0.3, -0.25) is 4.99 Å². The first kappa shape index (κ1) is 24.4. The molecule has 29 heavy (non-hydrogen) atoms. The van der Waals surface area contributed by atoms with Gasteiger partial charge in [-0.1, -0.05) is 12.8 Å². The Balaban J connectivity index is 1.63. The highest BCUT2D eigenvalue weighted by Gasteiger charge is 2.25. The number of aliphatic imine (C=N–C) groups is 1. The lowest BCUT2D eigenvalue weighted by Crippen LogP contribution is -2.43. The van der Waals surface area contributed by atoms with E-state index in [1.807, 2.05) is 6.92 Å². The highest BCUT2D eigenvalue weighted by atomic mass is 32.2. The summed E-state index contributed by atoms with van der Waals surface area (Å²) < 4.78 is 38.5. The third kappa shape index (κ3) is 9.63. The van der Waals surface area contributed by atoms with E-state index in [1.54, 1.807) is 7.05 Å². The van der Waals surface area contributed by atoms with E-state index in [0.29, 0.717) is 31.1 Å². The van der Waals surface area contributed by atoms with Crippen molar-refractivity contribution < 1.29 is 17.9 Å². The van der Waals surface area contributed by atoms with Crippen molar-refractivity contribution in [2.45, 2.75) is 70.5 Å². The molecule has 1 aliphatic heterocycles. The van der Waals surface area contributed by atoms with Gasteiger partial charge in [0.05, 0.1) is 18.0 Å². The van der Waals surface area contributed by atoms with Crippen LogP contribution < -0.4 is 15.4 Å². The lowest BCUT2D eigenvalue weighted by molar-refractivity contribution is 0.0169. The number of sulfonamides is 1. The van der Waals surface area contributed by atoms with Gasteiger partial charge in [-0.2, -0.15) is 0 Å². The number of hydrogen-bond donors (Lipinski definition) is 3. The second kappa shape index (κ2) is 13.4. The molecule has 2 fully saturated rings. The topological polar surface area (TPSA) is 101 Å². The van der Waals surface area contributed by atoms with Crippen molar-refractivity contribution in [1.82, 2.24) is 15.4 Å². The fraction of sp³-hybridized carbons (Fsp3) is 0.950. The number of nitrogens with zero attached hydrogens (tertiary/aromatic N) is 1. The second-order valence-electron chi connectivity index (χ2n) is 7.91. The van der Waals surface area contributed by atoms with Crippen LogP contribution in [0, 0.1) is 5.92 Å². The average Bonchev–Trinajstić information content (AvgIpc) is 3.26. The van der Waals surface area contributed by atoms with Crippen molar-refractivity contribution in [3.63, 3.8) is 0 Å². The van der Waals surface area contributed by atoms with Crippen molar-refractivity contribution >= 4 is 16.0 Å². The molecule has 8 nitrogen and oxygen atoms in total. The molecule has 1 saturated carbocycles. The summed E-state index contributed by atoms with van der Waals surface area (Å²) in [6.45, 7) is 4.93. The molecule has 3 N–H and O–H groups in total. The number of rotatable bonds is 12. The van der Waals surface area contributed by atoms with Gasteiger partial charge in [-0.15, -0.1) is 0 Å². The van der Waals surface area contributed by atoms with Crippen LogP contribution in [0.4, 0.5) is 0 Å². The summed E-state index contributed by atoms with van der Waals surface area (Å²) in [7, 11) is -1.64. The summed E-state index contributed by atoms with van der Waals surface area (Å²) in [6.07, 6.45) is 9.43. The molecular weight excluding hydrogens is 392 g/mol. The smallest absolute Gasteiger partial charge is 0.213 e. The van der Waals surface area contributed by atoms with E-state index in [-0.39, 0.29) is 11.9 Å². The SMILES string of the molecule is CCOC(CCNC(=NC)NCCS(=O)(=O)NCC1CCCCO1)C1CCCC1. The van der Waals surface area contributed by atoms with Gasteiger partial charge in [0, 0.05) is 39.9 Å². The van der Waals surface area contributed by atoms with Crippen LogP contribution in [0.5, 0.6) is 0 Å². The van der Waals surface area contributed by atoms with E-state index < -0.39 is 10.0 Å². The number of ether oxygens (including phenoxy) is 2. The summed E-state index contributed by atoms with van der Waals surface area (Å²) in [5.41, 5.74) is 0. The first-order valence-electron chi connectivity index (χ1n) is 11.2. The average molecular weight is 433 g/mol. The van der Waals surface area contributed by atoms with Gasteiger partial charge in [0.2, 0.25) is 10.0 Å². The molecule has 0 radical (unpaired) electrons. The van der Waals surface area contributed by atoms with Crippen molar-refractivity contribution in [2.75, 3.05) is 45.6 Å². The fourth-order valence-corrected chi connectivity index (χ4v) is 5.07. The maximum absolute atomic E-state index is 12.2. The Kier molecular flexibility index (Phi) is 11.3. The molecule has 2 atom stereocenters. The second-order valence-corrected chi connectivity index (χ2v) is 9.84. The van der Waals surface area contributed by atoms with Crippen LogP contribution in [-0.2, 0) is 19.5 Å². The normalized spacial score (nSPS) is 22.6. The number of nitrogens with one attached hydrogen (secondary N) is 3. The highest BCUT2D eigenvalue weighted by Crippen LogP contribution is 2.30. The van der Waals surface area contributed by atoms with Gasteiger partial charge in [0.1, 0.15) is 0 Å². The van der Waals surface area contributed by atoms with Crippen LogP contribution in [0.15, 0.2) is 4.99 Å². The van der Waals surface area contributed by atoms with E-state index in [0.717, 1.165) is 45.4 Å². The first-order valence-corrected chi connectivity index (χ1v) is 12.8. The highest BCUT2D eigenvalue weighted by molar-refractivity contribution is 7.89. The maximum Gasteiger partial charge on any atom is 0.213 e. The van der Waals surface area contributed by atoms with E-state index in [1.165, 1.54) is 25.7 Å². The van der Waals surface area contributed by atoms with Crippen LogP contribution in [0.2, 0.25) is 0 Å². The predicted octanol–water partition coefficient (Wildman–Crippen LogP) is 1.63. The zero-order valence-corrected chi connectivity index (χ0v) is 18.9. The number of guanidine groups is 1. The molecule has 0 aromatic heterocycles. The first-order chi connectivity index (χ1) is 14.0. The van der Waals surface area contributed by atoms with Gasteiger partial charge in [0.15, 0.2) is 5.96 Å². The Hall–Kier alpha value is -0.900. The molecule has 0 aromatic rings. The molecule has 0 aromatic carbocycles. The molecule has 2 rings (SSSR count). The zero-order valence-electron chi connectivity index (χ0n) is 18.1. The molecule has 1 saturated heterocycles. The van der Waals surface area contributed by atoms with Crippen LogP contribution in [0.3, 0.4) is 0 Å². The van der Waals surface area contributed by atoms with Crippen molar-refractivity contribution in [2.24, 2.45) is 10.9 Å². The van der Waals surface area contributed by atoms with Crippen molar-refractivity contribution in [1.29, 1.82) is 0 Å². The van der Waals surface area contributed by atoms with Crippen molar-refractivity contribution in [3.8, 4) is 0 Å². The third-order valence-corrected chi connectivity index (χ3v) is 7.07. The molecule has 9 heteroatoms. The van der Waals surface area contributed by atoms with Gasteiger partial charge in [-0.05, 0) is 51.4 Å². The quantitative estimate of drug-likeness (QED) is 0.320. The van der Waals surface area contributed by atoms with Gasteiger partial charge in [0.25, 0.3) is 0 Å². The Morgan fingerprint density at radius 2 is 1.86 bits per heavy atom. The van der Waals surface area contributed by atoms with Gasteiger partial charge < -0.3 is 20.1 Å². The third-order valence-electron chi connectivity index (χ3n) is 5.72. The van der Waals surface area contributed by atoms with Crippen LogP contribution in [0.25, 0.3) is 0 Å². The molecule has 2 unspecified atom stereocenters. The summed E-state index contributed by atoms with van der Waals surface area (Å²) in [5.74, 6) is 1.29. The number of hydrogen-bond acceptors (Lipinski definition) is 5. The minimum absolute atomic E-state index is 0.000862. The van der Waals surface area contributed by atoms with E-state index in [4.69, 9.17) is 9.47 Å². The van der Waals surface area contributed by atoms with Crippen LogP contribution in [-0.4, -0.2) is 72.2 Å². The fourth-order valence-electron chi connectivity index (χ4n) is 4.12. The molecule has 1 aliphatic carbocycles. The molecule has 0 bridgehead atoms. The Bertz CT molecular complexity index is 573. The standard InChI is InChI=1S/C20H40N4O4S/c1-3-27-19(17-8-4-5-9-17)11-12-22-20(21-2)23-13-15-29(25,26)24-16-18-10-6-7-14-28-18/h17-19,24H,3-16H2,1-2H3,(H2,21,22,23). The lowest BCUT2D eigenvalue weighted by Gasteiger charge is -2.24. The summed E-state index contributed by atoms with van der Waals surface area (Å²) in [5, 5.41) is 6.36. The van der Waals surface area contributed by atoms with E-state index in [9.17, 15) is 8.42 Å². The molecule has 170 valence electrons. The Labute approximate surface area is 176 Å². The predicted molar refractivity (Wildman–Crippen MR) is 117 cm³/mol. The van der Waals surface area contributed by atoms with Gasteiger partial charge >= 0.3 is 0 Å². The maximum atomic E-state index is 12.2. The van der Waals surface area contributed by atoms with Crippen molar-refractivity contribution in [3.05, 3.63) is 0 Å². The minimum atomic E-state index is -3.33. The molecule has 0 spiro atoms. The minimum Gasteiger partial charge on any atom is -0.378 e. The lowest BCUT2D eigenvalue weighted by atomic mass is 9.98. The summed E-state index contributed by atoms with van der Waals surface area (Å²) in [6, 6.07) is 0. The molecule has 1 heterocycles. The van der Waals surface area contributed by atoms with Gasteiger partial charge in [-0.25, -0.2) is 13.1 Å². The zero-order chi connectivity index (χ0) is 21.0. The molecule has 0 amide bonds. The molecular formula is C20H40N4O4S. The van der Waals surface area contributed by atoms with Crippen LogP contribution >= 0.6 is 0 Å². The molecule has 2 aliphatic rings. The van der Waals surface area contributed by atoms with E-state index >= 15 is 0 Å². The Morgan fingerprint density at radius 1 is 1.14 bits per heavy atom. The Morgan fingerprint density at radius 3 is 2.52 bits per heavy atom.